The number of nitrogens with one attached hydrogen (secondary N) is 2. The van der Waals surface area contributed by atoms with Gasteiger partial charge in [-0.1, -0.05) is 15.9 Å². The molecule has 0 saturated carbocycles. The highest BCUT2D eigenvalue weighted by atomic mass is 79.9. The Hall–Kier alpha value is -2.41. The van der Waals surface area contributed by atoms with E-state index in [1.54, 1.807) is 21.3 Å². The molecule has 7 heteroatoms. The topological polar surface area (TPSA) is 64.1 Å². The fourth-order valence-electron chi connectivity index (χ4n) is 2.39. The molecule has 26 heavy (non-hydrogen) atoms. The third kappa shape index (κ3) is 5.29. The molecule has 0 atom stereocenters. The predicted molar refractivity (Wildman–Crippen MR) is 109 cm³/mol. The van der Waals surface area contributed by atoms with Crippen molar-refractivity contribution in [3.63, 3.8) is 0 Å². The van der Waals surface area contributed by atoms with Gasteiger partial charge in [0.1, 0.15) is 5.75 Å². The highest BCUT2D eigenvalue weighted by Crippen LogP contribution is 2.29. The van der Waals surface area contributed by atoms with E-state index in [0.29, 0.717) is 24.0 Å². The first-order valence-corrected chi connectivity index (χ1v) is 9.00. The Kier molecular flexibility index (Phi) is 7.59. The van der Waals surface area contributed by atoms with Crippen LogP contribution in [0.3, 0.4) is 0 Å². The average Bonchev–Trinajstić information content (AvgIpc) is 2.66. The van der Waals surface area contributed by atoms with Gasteiger partial charge < -0.3 is 24.8 Å². The first kappa shape index (κ1) is 19.9. The summed E-state index contributed by atoms with van der Waals surface area (Å²) < 4.78 is 17.0. The summed E-state index contributed by atoms with van der Waals surface area (Å²) >= 11 is 3.49. The van der Waals surface area contributed by atoms with E-state index in [9.17, 15) is 0 Å². The minimum absolute atomic E-state index is 0.477. The van der Waals surface area contributed by atoms with Gasteiger partial charge in [0.2, 0.25) is 0 Å². The van der Waals surface area contributed by atoms with E-state index in [1.165, 1.54) is 0 Å². The van der Waals surface area contributed by atoms with E-state index in [4.69, 9.17) is 14.2 Å². The Morgan fingerprint density at radius 1 is 0.962 bits per heavy atom. The van der Waals surface area contributed by atoms with Crippen molar-refractivity contribution < 1.29 is 14.2 Å². The number of rotatable bonds is 7. The van der Waals surface area contributed by atoms with E-state index >= 15 is 0 Å². The third-order valence-corrected chi connectivity index (χ3v) is 4.13. The molecule has 0 heterocycles. The molecule has 0 fully saturated rings. The summed E-state index contributed by atoms with van der Waals surface area (Å²) in [6.07, 6.45) is 0. The van der Waals surface area contributed by atoms with E-state index in [0.717, 1.165) is 28.0 Å². The zero-order valence-corrected chi connectivity index (χ0v) is 17.0. The van der Waals surface area contributed by atoms with Gasteiger partial charge in [0.05, 0.1) is 27.9 Å². The van der Waals surface area contributed by atoms with E-state index in [1.807, 2.05) is 43.3 Å². The number of hydrogen-bond acceptors (Lipinski definition) is 4. The van der Waals surface area contributed by atoms with E-state index in [-0.39, 0.29) is 0 Å². The Morgan fingerprint density at radius 2 is 1.65 bits per heavy atom. The average molecular weight is 422 g/mol. The maximum absolute atomic E-state index is 5.41. The molecule has 140 valence electrons. The highest BCUT2D eigenvalue weighted by Gasteiger charge is 2.07. The van der Waals surface area contributed by atoms with Crippen LogP contribution in [0.25, 0.3) is 0 Å². The molecule has 0 unspecified atom stereocenters. The number of methoxy groups -OCH3 is 3. The zero-order valence-electron chi connectivity index (χ0n) is 15.4. The summed E-state index contributed by atoms with van der Waals surface area (Å²) in [4.78, 5) is 4.65. The number of aliphatic imine (C=N–C) groups is 1. The van der Waals surface area contributed by atoms with Crippen LogP contribution >= 0.6 is 15.9 Å². The minimum Gasteiger partial charge on any atom is -0.496 e. The summed E-state index contributed by atoms with van der Waals surface area (Å²) in [6.45, 7) is 3.24. The molecular weight excluding hydrogens is 398 g/mol. The molecule has 0 bridgehead atoms. The second-order valence-corrected chi connectivity index (χ2v) is 6.26. The minimum atomic E-state index is 0.477. The van der Waals surface area contributed by atoms with Gasteiger partial charge >= 0.3 is 0 Å². The summed E-state index contributed by atoms with van der Waals surface area (Å²) in [5, 5.41) is 6.51. The van der Waals surface area contributed by atoms with Gasteiger partial charge in [0.15, 0.2) is 17.5 Å². The first-order chi connectivity index (χ1) is 12.6. The lowest BCUT2D eigenvalue weighted by Gasteiger charge is -2.14. The van der Waals surface area contributed by atoms with Gasteiger partial charge in [-0.15, -0.1) is 0 Å². The normalized spacial score (nSPS) is 11.0. The summed E-state index contributed by atoms with van der Waals surface area (Å²) in [6, 6.07) is 11.5. The molecule has 0 aliphatic carbocycles. The largest absolute Gasteiger partial charge is 0.496 e. The number of halogens is 1. The van der Waals surface area contributed by atoms with Crippen LogP contribution in [0.15, 0.2) is 45.9 Å². The maximum atomic E-state index is 5.41. The van der Waals surface area contributed by atoms with Crippen LogP contribution in [-0.2, 0) is 6.54 Å². The maximum Gasteiger partial charge on any atom is 0.196 e. The number of guanidine groups is 1. The van der Waals surface area contributed by atoms with Crippen LogP contribution in [0.1, 0.15) is 12.5 Å². The second kappa shape index (κ2) is 9.91. The Bertz CT molecular complexity index is 766. The Labute approximate surface area is 162 Å². The molecule has 2 rings (SSSR count). The van der Waals surface area contributed by atoms with Gasteiger partial charge in [-0.3, -0.25) is 0 Å². The molecule has 0 aliphatic heterocycles. The SMILES string of the molecule is CCNC(=NCc1cc(Br)ccc1OC)Nc1ccc(OC)c(OC)c1. The van der Waals surface area contributed by atoms with Crippen molar-refractivity contribution in [3.05, 3.63) is 46.4 Å². The number of nitrogens with zero attached hydrogens (tertiary/aromatic N) is 1. The van der Waals surface area contributed by atoms with Crippen LogP contribution in [0.5, 0.6) is 17.2 Å². The number of benzene rings is 2. The molecule has 2 aromatic rings. The molecule has 0 aromatic heterocycles. The first-order valence-electron chi connectivity index (χ1n) is 8.21. The second-order valence-electron chi connectivity index (χ2n) is 5.35. The van der Waals surface area contributed by atoms with Crippen molar-refractivity contribution in [2.45, 2.75) is 13.5 Å². The van der Waals surface area contributed by atoms with Gasteiger partial charge in [-0.05, 0) is 37.3 Å². The molecular formula is C19H24BrN3O3. The molecule has 0 radical (unpaired) electrons. The van der Waals surface area contributed by atoms with Crippen LogP contribution in [0.2, 0.25) is 0 Å². The van der Waals surface area contributed by atoms with Crippen molar-refractivity contribution in [2.24, 2.45) is 4.99 Å². The van der Waals surface area contributed by atoms with Gasteiger partial charge in [0, 0.05) is 28.3 Å². The Morgan fingerprint density at radius 3 is 2.31 bits per heavy atom. The van der Waals surface area contributed by atoms with Crippen LogP contribution in [0, 0.1) is 0 Å². The van der Waals surface area contributed by atoms with Gasteiger partial charge in [0.25, 0.3) is 0 Å². The van der Waals surface area contributed by atoms with Crippen LogP contribution in [0.4, 0.5) is 5.69 Å². The summed E-state index contributed by atoms with van der Waals surface area (Å²) in [5.41, 5.74) is 1.84. The number of ether oxygens (including phenoxy) is 3. The van der Waals surface area contributed by atoms with Gasteiger partial charge in [-0.25, -0.2) is 4.99 Å². The lowest BCUT2D eigenvalue weighted by molar-refractivity contribution is 0.355. The van der Waals surface area contributed by atoms with E-state index in [2.05, 4.69) is 31.6 Å². The zero-order chi connectivity index (χ0) is 18.9. The third-order valence-electron chi connectivity index (χ3n) is 3.64. The van der Waals surface area contributed by atoms with Crippen molar-refractivity contribution in [3.8, 4) is 17.2 Å². The van der Waals surface area contributed by atoms with Crippen molar-refractivity contribution in [2.75, 3.05) is 33.2 Å². The lowest BCUT2D eigenvalue weighted by Crippen LogP contribution is -2.30. The summed E-state index contributed by atoms with van der Waals surface area (Å²) in [7, 11) is 4.88. The number of hydrogen-bond donors (Lipinski definition) is 2. The van der Waals surface area contributed by atoms with Crippen molar-refractivity contribution >= 4 is 27.6 Å². The fraction of sp³-hybridized carbons (Fsp3) is 0.316. The molecule has 0 aliphatic rings. The highest BCUT2D eigenvalue weighted by molar-refractivity contribution is 9.10. The molecule has 2 aromatic carbocycles. The molecule has 0 amide bonds. The smallest absolute Gasteiger partial charge is 0.196 e. The monoisotopic (exact) mass is 421 g/mol. The lowest BCUT2D eigenvalue weighted by atomic mass is 10.2. The molecule has 6 nitrogen and oxygen atoms in total. The summed E-state index contributed by atoms with van der Waals surface area (Å²) in [5.74, 6) is 2.81. The number of anilines is 1. The molecule has 2 N–H and O–H groups in total. The van der Waals surface area contributed by atoms with Crippen LogP contribution < -0.4 is 24.8 Å². The quantitative estimate of drug-likeness (QED) is 0.521. The standard InChI is InChI=1S/C19H24BrN3O3/c1-5-21-19(22-12-13-10-14(20)6-8-16(13)24-2)23-15-7-9-17(25-3)18(11-15)26-4/h6-11H,5,12H2,1-4H3,(H2,21,22,23). The molecule has 0 spiro atoms. The predicted octanol–water partition coefficient (Wildman–Crippen LogP) is 4.05. The Balaban J connectivity index is 2.21. The van der Waals surface area contributed by atoms with Crippen molar-refractivity contribution in [1.82, 2.24) is 5.32 Å². The van der Waals surface area contributed by atoms with Crippen LogP contribution in [-0.4, -0.2) is 33.8 Å². The molecule has 0 saturated heterocycles. The fourth-order valence-corrected chi connectivity index (χ4v) is 2.80. The van der Waals surface area contributed by atoms with Crippen molar-refractivity contribution in [1.29, 1.82) is 0 Å². The van der Waals surface area contributed by atoms with E-state index < -0.39 is 0 Å². The van der Waals surface area contributed by atoms with Gasteiger partial charge in [-0.2, -0.15) is 0 Å².